The number of hydrogen-bond donors (Lipinski definition) is 1. The number of carbonyl (C=O) groups excluding carboxylic acids is 1. The molecule has 0 saturated heterocycles. The van der Waals surface area contributed by atoms with Crippen LogP contribution in [-0.2, 0) is 9.53 Å². The molecule has 0 bridgehead atoms. The predicted octanol–water partition coefficient (Wildman–Crippen LogP) is 3.23. The Labute approximate surface area is 116 Å². The number of thioether (sulfide) groups is 1. The van der Waals surface area contributed by atoms with Gasteiger partial charge in [-0.15, -0.1) is 0 Å². The van der Waals surface area contributed by atoms with Crippen LogP contribution in [0.4, 0.5) is 0 Å². The molecule has 0 rings (SSSR count). The fraction of sp³-hybridized carbons (Fsp3) is 0.929. The summed E-state index contributed by atoms with van der Waals surface area (Å²) in [5, 5.41) is 3.37. The SMILES string of the molecule is CCC(CC)(CNCCC(=O)OC(C)(C)C)SC. The zero-order valence-electron chi connectivity index (χ0n) is 12.8. The zero-order valence-corrected chi connectivity index (χ0v) is 13.6. The molecule has 3 nitrogen and oxygen atoms in total. The first-order chi connectivity index (χ1) is 8.28. The van der Waals surface area contributed by atoms with Gasteiger partial charge in [-0.1, -0.05) is 13.8 Å². The Morgan fingerprint density at radius 1 is 1.22 bits per heavy atom. The van der Waals surface area contributed by atoms with Gasteiger partial charge in [0.1, 0.15) is 5.60 Å². The summed E-state index contributed by atoms with van der Waals surface area (Å²) in [7, 11) is 0. The van der Waals surface area contributed by atoms with Crippen molar-refractivity contribution in [3.8, 4) is 0 Å². The summed E-state index contributed by atoms with van der Waals surface area (Å²) >= 11 is 1.91. The van der Waals surface area contributed by atoms with E-state index in [0.29, 0.717) is 17.7 Å². The lowest BCUT2D eigenvalue weighted by Crippen LogP contribution is -2.37. The second-order valence-corrected chi connectivity index (χ2v) is 6.88. The molecule has 0 aromatic carbocycles. The normalized spacial score (nSPS) is 12.6. The van der Waals surface area contributed by atoms with Gasteiger partial charge in [-0.25, -0.2) is 0 Å². The smallest absolute Gasteiger partial charge is 0.307 e. The number of nitrogens with one attached hydrogen (secondary N) is 1. The quantitative estimate of drug-likeness (QED) is 0.545. The van der Waals surface area contributed by atoms with Gasteiger partial charge in [0.15, 0.2) is 0 Å². The molecule has 0 radical (unpaired) electrons. The summed E-state index contributed by atoms with van der Waals surface area (Å²) in [5.41, 5.74) is -0.382. The Morgan fingerprint density at radius 3 is 2.17 bits per heavy atom. The Morgan fingerprint density at radius 2 is 1.78 bits per heavy atom. The molecule has 0 unspecified atom stereocenters. The number of rotatable bonds is 8. The Kier molecular flexibility index (Phi) is 7.95. The summed E-state index contributed by atoms with van der Waals surface area (Å²) in [6.45, 7) is 11.8. The van der Waals surface area contributed by atoms with Crippen molar-refractivity contribution in [3.05, 3.63) is 0 Å². The fourth-order valence-electron chi connectivity index (χ4n) is 1.76. The van der Waals surface area contributed by atoms with E-state index >= 15 is 0 Å². The van der Waals surface area contributed by atoms with Crippen LogP contribution >= 0.6 is 11.8 Å². The van der Waals surface area contributed by atoms with Gasteiger partial charge < -0.3 is 10.1 Å². The molecule has 0 aliphatic heterocycles. The topological polar surface area (TPSA) is 38.3 Å². The molecule has 0 heterocycles. The average molecular weight is 275 g/mol. The summed E-state index contributed by atoms with van der Waals surface area (Å²) in [6, 6.07) is 0. The van der Waals surface area contributed by atoms with E-state index in [-0.39, 0.29) is 11.6 Å². The predicted molar refractivity (Wildman–Crippen MR) is 80.2 cm³/mol. The fourth-order valence-corrected chi connectivity index (χ4v) is 2.58. The van der Waals surface area contributed by atoms with Crippen molar-refractivity contribution in [1.29, 1.82) is 0 Å². The maximum absolute atomic E-state index is 11.5. The summed E-state index contributed by atoms with van der Waals surface area (Å²) in [4.78, 5) is 11.5. The van der Waals surface area contributed by atoms with E-state index in [1.54, 1.807) is 0 Å². The number of esters is 1. The van der Waals surface area contributed by atoms with Gasteiger partial charge in [-0.3, -0.25) is 4.79 Å². The molecule has 0 aliphatic carbocycles. The highest BCUT2D eigenvalue weighted by molar-refractivity contribution is 8.00. The molecule has 4 heteroatoms. The van der Waals surface area contributed by atoms with Gasteiger partial charge in [0.25, 0.3) is 0 Å². The van der Waals surface area contributed by atoms with Gasteiger partial charge >= 0.3 is 5.97 Å². The highest BCUT2D eigenvalue weighted by atomic mass is 32.2. The summed E-state index contributed by atoms with van der Waals surface area (Å²) in [6.07, 6.45) is 4.88. The van der Waals surface area contributed by atoms with Crippen LogP contribution in [0, 0.1) is 0 Å². The Bertz CT molecular complexity index is 236. The van der Waals surface area contributed by atoms with Gasteiger partial charge in [-0.05, 0) is 39.9 Å². The van der Waals surface area contributed by atoms with Crippen molar-refractivity contribution >= 4 is 17.7 Å². The third-order valence-electron chi connectivity index (χ3n) is 3.09. The van der Waals surface area contributed by atoms with Crippen molar-refractivity contribution in [2.75, 3.05) is 19.3 Å². The standard InChI is InChI=1S/C14H29NO2S/c1-7-14(8-2,18-6)11-15-10-9-12(16)17-13(3,4)5/h15H,7-11H2,1-6H3. The van der Waals surface area contributed by atoms with Crippen LogP contribution in [0.15, 0.2) is 0 Å². The van der Waals surface area contributed by atoms with Crippen LogP contribution in [0.3, 0.4) is 0 Å². The molecule has 0 aliphatic rings. The molecule has 0 atom stereocenters. The van der Waals surface area contributed by atoms with E-state index < -0.39 is 0 Å². The maximum atomic E-state index is 11.5. The van der Waals surface area contributed by atoms with E-state index in [1.807, 2.05) is 32.5 Å². The van der Waals surface area contributed by atoms with Gasteiger partial charge in [-0.2, -0.15) is 11.8 Å². The molecule has 1 N–H and O–H groups in total. The van der Waals surface area contributed by atoms with Crippen molar-refractivity contribution in [1.82, 2.24) is 5.32 Å². The average Bonchev–Trinajstić information content (AvgIpc) is 2.28. The Hall–Kier alpha value is -0.220. The highest BCUT2D eigenvalue weighted by Gasteiger charge is 2.24. The molecule has 0 amide bonds. The molecular formula is C14H29NO2S. The number of hydrogen-bond acceptors (Lipinski definition) is 4. The monoisotopic (exact) mass is 275 g/mol. The molecule has 0 saturated carbocycles. The molecule has 108 valence electrons. The minimum absolute atomic E-state index is 0.127. The molecule has 0 aromatic rings. The zero-order chi connectivity index (χ0) is 14.2. The van der Waals surface area contributed by atoms with Crippen LogP contribution in [0.1, 0.15) is 53.9 Å². The largest absolute Gasteiger partial charge is 0.460 e. The van der Waals surface area contributed by atoms with Crippen LogP contribution in [0.2, 0.25) is 0 Å². The van der Waals surface area contributed by atoms with Gasteiger partial charge in [0, 0.05) is 17.8 Å². The van der Waals surface area contributed by atoms with E-state index in [0.717, 1.165) is 19.4 Å². The molecule has 0 spiro atoms. The molecule has 18 heavy (non-hydrogen) atoms. The first-order valence-electron chi connectivity index (χ1n) is 6.76. The second-order valence-electron chi connectivity index (χ2n) is 5.61. The lowest BCUT2D eigenvalue weighted by atomic mass is 10.0. The Balaban J connectivity index is 3.89. The third-order valence-corrected chi connectivity index (χ3v) is 4.68. The third kappa shape index (κ3) is 7.27. The van der Waals surface area contributed by atoms with Crippen molar-refractivity contribution < 1.29 is 9.53 Å². The van der Waals surface area contributed by atoms with Gasteiger partial charge in [0.2, 0.25) is 0 Å². The van der Waals surface area contributed by atoms with Crippen molar-refractivity contribution in [3.63, 3.8) is 0 Å². The van der Waals surface area contributed by atoms with Crippen LogP contribution in [0.5, 0.6) is 0 Å². The van der Waals surface area contributed by atoms with Crippen molar-refractivity contribution in [2.24, 2.45) is 0 Å². The number of carbonyl (C=O) groups is 1. The van der Waals surface area contributed by atoms with E-state index in [1.165, 1.54) is 0 Å². The molecule has 0 aromatic heterocycles. The minimum Gasteiger partial charge on any atom is -0.460 e. The first-order valence-corrected chi connectivity index (χ1v) is 7.99. The van der Waals surface area contributed by atoms with E-state index in [2.05, 4.69) is 25.4 Å². The molecular weight excluding hydrogens is 246 g/mol. The number of ether oxygens (including phenoxy) is 1. The lowest BCUT2D eigenvalue weighted by molar-refractivity contribution is -0.154. The second kappa shape index (κ2) is 8.05. The van der Waals surface area contributed by atoms with Crippen LogP contribution in [0.25, 0.3) is 0 Å². The maximum Gasteiger partial charge on any atom is 0.307 e. The summed E-state index contributed by atoms with van der Waals surface area (Å²) < 4.78 is 5.56. The summed E-state index contributed by atoms with van der Waals surface area (Å²) in [5.74, 6) is -0.127. The van der Waals surface area contributed by atoms with Crippen LogP contribution < -0.4 is 5.32 Å². The molecule has 0 fully saturated rings. The van der Waals surface area contributed by atoms with E-state index in [9.17, 15) is 4.79 Å². The van der Waals surface area contributed by atoms with E-state index in [4.69, 9.17) is 4.74 Å². The van der Waals surface area contributed by atoms with Crippen molar-refractivity contribution in [2.45, 2.75) is 64.2 Å². The lowest BCUT2D eigenvalue weighted by Gasteiger charge is -2.30. The van der Waals surface area contributed by atoms with Crippen LogP contribution in [-0.4, -0.2) is 35.7 Å². The highest BCUT2D eigenvalue weighted by Crippen LogP contribution is 2.29. The minimum atomic E-state index is -0.382. The van der Waals surface area contributed by atoms with Gasteiger partial charge in [0.05, 0.1) is 6.42 Å². The first kappa shape index (κ1) is 17.8.